The van der Waals surface area contributed by atoms with Crippen molar-refractivity contribution in [2.24, 2.45) is 0 Å². The minimum Gasteiger partial charge on any atom is -0.436 e. The summed E-state index contributed by atoms with van der Waals surface area (Å²) < 4.78 is 6.76. The smallest absolute Gasteiger partial charge is 0.257 e. The summed E-state index contributed by atoms with van der Waals surface area (Å²) in [6, 6.07) is 20.0. The van der Waals surface area contributed by atoms with Gasteiger partial charge in [0.05, 0.1) is 10.6 Å². The minimum atomic E-state index is -0.273. The second kappa shape index (κ2) is 6.94. The van der Waals surface area contributed by atoms with Crippen LogP contribution in [0.4, 0.5) is 5.69 Å². The third kappa shape index (κ3) is 3.36. The lowest BCUT2D eigenvalue weighted by atomic mass is 10.2. The Balaban J connectivity index is 1.64. The van der Waals surface area contributed by atoms with Gasteiger partial charge < -0.3 is 9.73 Å². The summed E-state index contributed by atoms with van der Waals surface area (Å²) in [5.41, 5.74) is 3.23. The topological polar surface area (TPSA) is 55.1 Å². The molecule has 1 aromatic heterocycles. The van der Waals surface area contributed by atoms with Gasteiger partial charge in [-0.3, -0.25) is 4.79 Å². The van der Waals surface area contributed by atoms with Crippen molar-refractivity contribution in [2.45, 2.75) is 0 Å². The molecule has 3 aromatic carbocycles. The third-order valence-electron chi connectivity index (χ3n) is 3.84. The number of carbonyl (C=O) groups excluding carboxylic acids is 1. The molecule has 1 N–H and O–H groups in total. The van der Waals surface area contributed by atoms with Crippen molar-refractivity contribution >= 4 is 50.2 Å². The number of nitrogens with one attached hydrogen (secondary N) is 1. The van der Waals surface area contributed by atoms with Crippen LogP contribution in [0.3, 0.4) is 0 Å². The zero-order valence-electron chi connectivity index (χ0n) is 13.4. The summed E-state index contributed by atoms with van der Waals surface area (Å²) in [7, 11) is 0. The number of fused-ring (bicyclic) bond motifs is 1. The van der Waals surface area contributed by atoms with Crippen LogP contribution >= 0.6 is 27.5 Å². The Morgan fingerprint density at radius 3 is 2.69 bits per heavy atom. The molecule has 0 spiro atoms. The van der Waals surface area contributed by atoms with E-state index >= 15 is 0 Å². The van der Waals surface area contributed by atoms with E-state index in [0.717, 1.165) is 10.0 Å². The van der Waals surface area contributed by atoms with Crippen LogP contribution in [-0.4, -0.2) is 10.9 Å². The second-order valence-corrected chi connectivity index (χ2v) is 6.97. The fourth-order valence-electron chi connectivity index (χ4n) is 2.59. The first-order chi connectivity index (χ1) is 12.6. The quantitative estimate of drug-likeness (QED) is 0.426. The fourth-order valence-corrected chi connectivity index (χ4v) is 3.21. The molecule has 26 heavy (non-hydrogen) atoms. The molecule has 4 rings (SSSR count). The van der Waals surface area contributed by atoms with Crippen LogP contribution in [0.2, 0.25) is 5.02 Å². The lowest BCUT2D eigenvalue weighted by Gasteiger charge is -2.06. The minimum absolute atomic E-state index is 0.273. The summed E-state index contributed by atoms with van der Waals surface area (Å²) in [4.78, 5) is 16.9. The number of halogens is 2. The summed E-state index contributed by atoms with van der Waals surface area (Å²) >= 11 is 9.51. The monoisotopic (exact) mass is 426 g/mol. The van der Waals surface area contributed by atoms with E-state index in [-0.39, 0.29) is 5.91 Å². The highest BCUT2D eigenvalue weighted by Crippen LogP contribution is 2.28. The molecule has 4 aromatic rings. The summed E-state index contributed by atoms with van der Waals surface area (Å²) in [5, 5.41) is 3.24. The average molecular weight is 428 g/mol. The van der Waals surface area contributed by atoms with Crippen molar-refractivity contribution in [1.29, 1.82) is 0 Å². The van der Waals surface area contributed by atoms with Crippen molar-refractivity contribution in [3.05, 3.63) is 81.8 Å². The van der Waals surface area contributed by atoms with E-state index in [2.05, 4.69) is 26.2 Å². The molecule has 0 unspecified atom stereocenters. The van der Waals surface area contributed by atoms with Crippen LogP contribution < -0.4 is 5.32 Å². The lowest BCUT2D eigenvalue weighted by Crippen LogP contribution is -2.12. The maximum atomic E-state index is 12.4. The maximum Gasteiger partial charge on any atom is 0.257 e. The van der Waals surface area contributed by atoms with Gasteiger partial charge in [0, 0.05) is 15.7 Å². The molecule has 0 fully saturated rings. The van der Waals surface area contributed by atoms with Gasteiger partial charge in [0.15, 0.2) is 5.58 Å². The van der Waals surface area contributed by atoms with Gasteiger partial charge >= 0.3 is 0 Å². The van der Waals surface area contributed by atoms with E-state index in [1.165, 1.54) is 0 Å². The highest BCUT2D eigenvalue weighted by atomic mass is 79.9. The SMILES string of the molecule is O=C(Nc1ccc2oc(-c3cccc(Br)c3)nc2c1)c1ccccc1Cl. The standard InChI is InChI=1S/C20H12BrClN2O2/c21-13-5-3-4-12(10-13)20-24-17-11-14(8-9-18(17)26-20)23-19(25)15-6-1-2-7-16(15)22/h1-11H,(H,23,25). The zero-order valence-corrected chi connectivity index (χ0v) is 15.7. The zero-order chi connectivity index (χ0) is 18.1. The maximum absolute atomic E-state index is 12.4. The van der Waals surface area contributed by atoms with E-state index in [1.807, 2.05) is 24.3 Å². The molecule has 0 saturated carbocycles. The van der Waals surface area contributed by atoms with Crippen molar-refractivity contribution in [3.8, 4) is 11.5 Å². The molecule has 0 aliphatic rings. The Morgan fingerprint density at radius 1 is 1.04 bits per heavy atom. The van der Waals surface area contributed by atoms with Crippen molar-refractivity contribution in [2.75, 3.05) is 5.32 Å². The molecule has 128 valence electrons. The first-order valence-electron chi connectivity index (χ1n) is 7.82. The molecule has 0 aliphatic heterocycles. The van der Waals surface area contributed by atoms with Crippen molar-refractivity contribution < 1.29 is 9.21 Å². The first-order valence-corrected chi connectivity index (χ1v) is 9.00. The Kier molecular flexibility index (Phi) is 4.49. The average Bonchev–Trinajstić information content (AvgIpc) is 3.05. The Bertz CT molecular complexity index is 1120. The van der Waals surface area contributed by atoms with Gasteiger partial charge in [-0.05, 0) is 48.5 Å². The molecule has 1 heterocycles. The molecule has 0 bridgehead atoms. The number of benzene rings is 3. The number of rotatable bonds is 3. The van der Waals surface area contributed by atoms with E-state index in [4.69, 9.17) is 16.0 Å². The van der Waals surface area contributed by atoms with Gasteiger partial charge in [-0.25, -0.2) is 4.98 Å². The van der Waals surface area contributed by atoms with E-state index < -0.39 is 0 Å². The Morgan fingerprint density at radius 2 is 1.88 bits per heavy atom. The van der Waals surface area contributed by atoms with Gasteiger partial charge in [0.1, 0.15) is 5.52 Å². The Hall–Kier alpha value is -2.63. The molecule has 0 aliphatic carbocycles. The number of amides is 1. The highest BCUT2D eigenvalue weighted by molar-refractivity contribution is 9.10. The molecular formula is C20H12BrClN2O2. The fraction of sp³-hybridized carbons (Fsp3) is 0. The predicted molar refractivity (Wildman–Crippen MR) is 107 cm³/mol. The number of aromatic nitrogens is 1. The van der Waals surface area contributed by atoms with Gasteiger partial charge in [-0.1, -0.05) is 45.7 Å². The summed E-state index contributed by atoms with van der Waals surface area (Å²) in [6.45, 7) is 0. The van der Waals surface area contributed by atoms with E-state index in [1.54, 1.807) is 42.5 Å². The van der Waals surface area contributed by atoms with Crippen molar-refractivity contribution in [3.63, 3.8) is 0 Å². The van der Waals surface area contributed by atoms with Crippen LogP contribution in [0.1, 0.15) is 10.4 Å². The number of hydrogen-bond acceptors (Lipinski definition) is 3. The number of hydrogen-bond donors (Lipinski definition) is 1. The van der Waals surface area contributed by atoms with E-state index in [9.17, 15) is 4.79 Å². The number of carbonyl (C=O) groups is 1. The molecule has 6 heteroatoms. The number of anilines is 1. The molecule has 1 amide bonds. The summed E-state index contributed by atoms with van der Waals surface area (Å²) in [6.07, 6.45) is 0. The second-order valence-electron chi connectivity index (χ2n) is 5.65. The van der Waals surface area contributed by atoms with Gasteiger partial charge in [-0.2, -0.15) is 0 Å². The molecule has 4 nitrogen and oxygen atoms in total. The van der Waals surface area contributed by atoms with Gasteiger partial charge in [0.2, 0.25) is 5.89 Å². The molecule has 0 saturated heterocycles. The molecular weight excluding hydrogens is 416 g/mol. The normalized spacial score (nSPS) is 10.8. The third-order valence-corrected chi connectivity index (χ3v) is 4.66. The van der Waals surface area contributed by atoms with Crippen LogP contribution in [0.5, 0.6) is 0 Å². The lowest BCUT2D eigenvalue weighted by molar-refractivity contribution is 0.102. The van der Waals surface area contributed by atoms with Crippen LogP contribution in [0.25, 0.3) is 22.6 Å². The number of oxazole rings is 1. The first kappa shape index (κ1) is 16.8. The largest absolute Gasteiger partial charge is 0.436 e. The number of nitrogens with zero attached hydrogens (tertiary/aromatic N) is 1. The molecule has 0 atom stereocenters. The Labute approximate surface area is 162 Å². The van der Waals surface area contributed by atoms with E-state index in [0.29, 0.717) is 33.3 Å². The van der Waals surface area contributed by atoms with Crippen LogP contribution in [0.15, 0.2) is 75.6 Å². The van der Waals surface area contributed by atoms with Crippen LogP contribution in [-0.2, 0) is 0 Å². The summed E-state index contributed by atoms with van der Waals surface area (Å²) in [5.74, 6) is 0.251. The highest BCUT2D eigenvalue weighted by Gasteiger charge is 2.12. The van der Waals surface area contributed by atoms with Crippen molar-refractivity contribution in [1.82, 2.24) is 4.98 Å². The van der Waals surface area contributed by atoms with Gasteiger partial charge in [-0.15, -0.1) is 0 Å². The predicted octanol–water partition coefficient (Wildman–Crippen LogP) is 6.16. The van der Waals surface area contributed by atoms with Gasteiger partial charge in [0.25, 0.3) is 5.91 Å². The van der Waals surface area contributed by atoms with Crippen LogP contribution in [0, 0.1) is 0 Å². The molecule has 0 radical (unpaired) electrons.